The molecule has 9 rings (SSSR count). The lowest BCUT2D eigenvalue weighted by atomic mass is 9.85. The number of nitrogens with one attached hydrogen (secondary N) is 3. The van der Waals surface area contributed by atoms with Gasteiger partial charge in [-0.15, -0.1) is 32.9 Å². The summed E-state index contributed by atoms with van der Waals surface area (Å²) >= 11 is 9.56. The molecule has 17 nitrogen and oxygen atoms in total. The number of rotatable bonds is 16. The van der Waals surface area contributed by atoms with E-state index in [1.807, 2.05) is 88.7 Å². The van der Waals surface area contributed by atoms with Crippen molar-refractivity contribution >= 4 is 63.6 Å². The van der Waals surface area contributed by atoms with E-state index in [1.165, 1.54) is 9.78 Å². The third-order valence-corrected chi connectivity index (χ3v) is 17.7. The van der Waals surface area contributed by atoms with Gasteiger partial charge in [0.25, 0.3) is 0 Å². The maximum atomic E-state index is 14.2. The lowest BCUT2D eigenvalue weighted by Gasteiger charge is -2.39. The number of aliphatic hydroxyl groups excluding tert-OH is 1. The molecule has 4 aliphatic rings. The highest BCUT2D eigenvalue weighted by Crippen LogP contribution is 2.40. The third kappa shape index (κ3) is 12.7. The molecule has 0 radical (unpaired) electrons. The van der Waals surface area contributed by atoms with Crippen LogP contribution in [0, 0.1) is 39.0 Å². The number of nitrogens with zero attached hydrogens (tertiary/aromatic N) is 9. The molecule has 0 spiro atoms. The van der Waals surface area contributed by atoms with Gasteiger partial charge in [0.1, 0.15) is 29.0 Å². The Morgan fingerprint density at radius 2 is 1.55 bits per heavy atom. The van der Waals surface area contributed by atoms with E-state index >= 15 is 0 Å². The van der Waals surface area contributed by atoms with Crippen LogP contribution in [0.25, 0.3) is 15.4 Å². The summed E-state index contributed by atoms with van der Waals surface area (Å²) in [6, 6.07) is 13.4. The molecule has 4 amide bonds. The lowest BCUT2D eigenvalue weighted by molar-refractivity contribution is -0.144. The van der Waals surface area contributed by atoms with Crippen LogP contribution >= 0.6 is 34.3 Å². The van der Waals surface area contributed by atoms with Gasteiger partial charge in [0.15, 0.2) is 5.82 Å². The molecule has 4 aliphatic heterocycles. The Morgan fingerprint density at radius 3 is 2.23 bits per heavy atom. The lowest BCUT2D eigenvalue weighted by Crippen LogP contribution is -2.59. The van der Waals surface area contributed by atoms with E-state index < -0.39 is 29.6 Å². The number of fused-ring (bicyclic) bond motifs is 3. The number of thiophene rings is 1. The fourth-order valence-electron chi connectivity index (χ4n) is 10.8. The number of likely N-dealkylation sites (tertiary alicyclic amines) is 2. The number of aliphatic hydroxyl groups is 1. The van der Waals surface area contributed by atoms with Crippen LogP contribution in [0.3, 0.4) is 0 Å². The van der Waals surface area contributed by atoms with Gasteiger partial charge in [-0.1, -0.05) is 68.8 Å². The van der Waals surface area contributed by atoms with Crippen molar-refractivity contribution in [1.82, 2.24) is 55.3 Å². The Labute approximate surface area is 453 Å². The molecule has 5 aromatic rings. The summed E-state index contributed by atoms with van der Waals surface area (Å²) in [5.41, 5.74) is 8.09. The Bertz CT molecular complexity index is 2880. The largest absolute Gasteiger partial charge is 0.391 e. The predicted octanol–water partition coefficient (Wildman–Crippen LogP) is 5.88. The second kappa shape index (κ2) is 23.5. The first-order chi connectivity index (χ1) is 35.9. The van der Waals surface area contributed by atoms with Gasteiger partial charge in [-0.2, -0.15) is 0 Å². The number of β-amino-alcohol motifs (C(OH)–C–C–N with tert-alkyl or cyclic N) is 1. The van der Waals surface area contributed by atoms with Crippen LogP contribution in [0.2, 0.25) is 5.02 Å². The molecule has 3 fully saturated rings. The monoisotopic (exact) mass is 1080 g/mol. The molecule has 0 saturated carbocycles. The molecule has 7 heterocycles. The molecule has 0 unspecified atom stereocenters. The normalized spacial score (nSPS) is 20.3. The predicted molar refractivity (Wildman–Crippen MR) is 295 cm³/mol. The average molecular weight is 1080 g/mol. The van der Waals surface area contributed by atoms with Crippen molar-refractivity contribution in [1.29, 1.82) is 0 Å². The Kier molecular flexibility index (Phi) is 17.0. The standard InChI is InChI=1S/C55H71ClN12O5S2/c1-33-35(3)75-54-47(33)48(39-12-14-41(56)15-13-39)60-43(51-63-62-36(4)68(51)54)27-45(70)57-18-21-64-19-16-38(17-20-64)29-65-22-24-66(25-23-65)31-46(71)61-50(55(5,6)7)53(73)67-30-42(69)26-44(67)52(72)58-28-37-8-10-40(11-9-37)49-34(2)59-32-74-49/h8-15,32,38,42-44,50,69H,16-31H2,1-7H3,(H,57,70)(H,58,72)(H,61,71)/t42-,43+,44+,50-/m1/s1. The van der Waals surface area contributed by atoms with Crippen LogP contribution in [-0.2, 0) is 25.7 Å². The SMILES string of the molecule is Cc1ncsc1-c1ccc(CNC(=O)[C@@H]2C[C@@H](O)CN2C(=O)[C@@H](NC(=O)CN2CCN(CC3CCN(CCNC(=O)C[C@@H]4N=C(c5ccc(Cl)cc5)c5c(sc(C)c5C)-n5c(C)nnc54)CC3)CC2)C(C)(C)C)cc1. The molecular formula is C55H71ClN12O5S2. The molecule has 4 atom stereocenters. The molecule has 400 valence electrons. The minimum Gasteiger partial charge on any atom is -0.391 e. The number of carbonyl (C=O) groups is 4. The summed E-state index contributed by atoms with van der Waals surface area (Å²) in [5.74, 6) is 0.984. The van der Waals surface area contributed by atoms with Gasteiger partial charge >= 0.3 is 0 Å². The number of benzene rings is 2. The Balaban J connectivity index is 0.697. The number of aryl methyl sites for hydroxylation is 3. The minimum atomic E-state index is -0.884. The highest BCUT2D eigenvalue weighted by Gasteiger charge is 2.45. The fourth-order valence-corrected chi connectivity index (χ4v) is 13.0. The van der Waals surface area contributed by atoms with Crippen LogP contribution in [0.1, 0.15) is 97.0 Å². The number of amides is 4. The smallest absolute Gasteiger partial charge is 0.246 e. The van der Waals surface area contributed by atoms with Crippen molar-refractivity contribution in [3.8, 4) is 15.4 Å². The fraction of sp³-hybridized carbons (Fsp3) is 0.527. The number of carbonyl (C=O) groups excluding carboxylic acids is 4. The van der Waals surface area contributed by atoms with Crippen molar-refractivity contribution in [2.24, 2.45) is 16.3 Å². The summed E-state index contributed by atoms with van der Waals surface area (Å²) in [6.45, 7) is 21.8. The number of halogens is 1. The van der Waals surface area contributed by atoms with E-state index in [0.29, 0.717) is 23.3 Å². The average Bonchev–Trinajstić information content (AvgIpc) is 4.16. The second-order valence-corrected chi connectivity index (χ2v) is 24.3. The van der Waals surface area contributed by atoms with E-state index in [-0.39, 0.29) is 56.1 Å². The van der Waals surface area contributed by atoms with Gasteiger partial charge < -0.3 is 35.8 Å². The number of aliphatic imine (C=N–C) groups is 1. The second-order valence-electron chi connectivity index (χ2n) is 21.8. The van der Waals surface area contributed by atoms with E-state index in [0.717, 1.165) is 120 Å². The van der Waals surface area contributed by atoms with Crippen molar-refractivity contribution in [3.05, 3.63) is 104 Å². The molecule has 0 bridgehead atoms. The van der Waals surface area contributed by atoms with Crippen LogP contribution in [0.15, 0.2) is 59.0 Å². The van der Waals surface area contributed by atoms with Crippen LogP contribution < -0.4 is 16.0 Å². The molecule has 3 aromatic heterocycles. The zero-order valence-electron chi connectivity index (χ0n) is 44.2. The molecule has 2 aromatic carbocycles. The van der Waals surface area contributed by atoms with Crippen molar-refractivity contribution in [2.75, 3.05) is 72.0 Å². The molecule has 0 aliphatic carbocycles. The molecule has 3 saturated heterocycles. The van der Waals surface area contributed by atoms with Gasteiger partial charge in [-0.3, -0.25) is 33.6 Å². The zero-order valence-corrected chi connectivity index (χ0v) is 46.6. The summed E-state index contributed by atoms with van der Waals surface area (Å²) in [5, 5.41) is 30.5. The maximum absolute atomic E-state index is 14.2. The van der Waals surface area contributed by atoms with Crippen molar-refractivity contribution in [2.45, 2.75) is 105 Å². The van der Waals surface area contributed by atoms with Crippen LogP contribution in [0.4, 0.5) is 0 Å². The number of piperazine rings is 1. The number of piperidine rings is 1. The Morgan fingerprint density at radius 1 is 0.853 bits per heavy atom. The van der Waals surface area contributed by atoms with Crippen molar-refractivity contribution < 1.29 is 24.3 Å². The summed E-state index contributed by atoms with van der Waals surface area (Å²) in [6.07, 6.45) is 1.60. The maximum Gasteiger partial charge on any atom is 0.246 e. The van der Waals surface area contributed by atoms with Gasteiger partial charge in [-0.25, -0.2) is 4.98 Å². The van der Waals surface area contributed by atoms with E-state index in [1.54, 1.807) is 22.7 Å². The van der Waals surface area contributed by atoms with Gasteiger partial charge in [-0.05, 0) is 93.8 Å². The molecular weight excluding hydrogens is 1010 g/mol. The van der Waals surface area contributed by atoms with Crippen LogP contribution in [-0.4, -0.2) is 164 Å². The first-order valence-corrected chi connectivity index (χ1v) is 28.3. The van der Waals surface area contributed by atoms with E-state index in [2.05, 4.69) is 64.2 Å². The third-order valence-electron chi connectivity index (χ3n) is 15.3. The zero-order chi connectivity index (χ0) is 53.1. The summed E-state index contributed by atoms with van der Waals surface area (Å²) < 4.78 is 2.07. The number of hydrogen-bond acceptors (Lipinski definition) is 14. The van der Waals surface area contributed by atoms with E-state index in [9.17, 15) is 24.3 Å². The topological polar surface area (TPSA) is 194 Å². The van der Waals surface area contributed by atoms with Gasteiger partial charge in [0.05, 0.1) is 40.9 Å². The first kappa shape index (κ1) is 54.4. The highest BCUT2D eigenvalue weighted by atomic mass is 35.5. The van der Waals surface area contributed by atoms with E-state index in [4.69, 9.17) is 16.6 Å². The molecule has 75 heavy (non-hydrogen) atoms. The number of aromatic nitrogens is 4. The summed E-state index contributed by atoms with van der Waals surface area (Å²) in [7, 11) is 0. The molecule has 4 N–H and O–H groups in total. The van der Waals surface area contributed by atoms with Crippen molar-refractivity contribution in [3.63, 3.8) is 0 Å². The first-order valence-electron chi connectivity index (χ1n) is 26.2. The summed E-state index contributed by atoms with van der Waals surface area (Å²) in [4.78, 5) is 75.5. The van der Waals surface area contributed by atoms with Crippen LogP contribution in [0.5, 0.6) is 0 Å². The molecule has 20 heteroatoms. The quantitative estimate of drug-likeness (QED) is 0.0923. The minimum absolute atomic E-state index is 0.0239. The van der Waals surface area contributed by atoms with Gasteiger partial charge in [0.2, 0.25) is 23.6 Å². The van der Waals surface area contributed by atoms with Gasteiger partial charge in [0, 0.05) is 86.4 Å². The number of thiazole rings is 1. The highest BCUT2D eigenvalue weighted by molar-refractivity contribution is 7.15. The Hall–Kier alpha value is -5.41. The number of hydrogen-bond donors (Lipinski definition) is 4.